The number of esters is 1. The molecule has 0 atom stereocenters. The molecule has 4 rings (SSSR count). The maximum absolute atomic E-state index is 12.4. The van der Waals surface area contributed by atoms with Crippen LogP contribution in [0.15, 0.2) is 65.3 Å². The smallest absolute Gasteiger partial charge is 0.363 e. The predicted molar refractivity (Wildman–Crippen MR) is 140 cm³/mol. The van der Waals surface area contributed by atoms with Crippen molar-refractivity contribution < 1.29 is 23.9 Å². The van der Waals surface area contributed by atoms with E-state index in [1.54, 1.807) is 31.2 Å². The van der Waals surface area contributed by atoms with Crippen molar-refractivity contribution >= 4 is 57.8 Å². The molecule has 10 heteroatoms. The third-order valence-electron chi connectivity index (χ3n) is 5.16. The van der Waals surface area contributed by atoms with Crippen molar-refractivity contribution in [3.8, 4) is 11.5 Å². The van der Waals surface area contributed by atoms with Crippen LogP contribution in [0.25, 0.3) is 6.08 Å². The van der Waals surface area contributed by atoms with Crippen LogP contribution in [-0.4, -0.2) is 23.9 Å². The second-order valence-corrected chi connectivity index (χ2v) is 9.08. The van der Waals surface area contributed by atoms with Gasteiger partial charge in [0.1, 0.15) is 6.61 Å². The summed E-state index contributed by atoms with van der Waals surface area (Å²) in [6.07, 6.45) is 1.50. The van der Waals surface area contributed by atoms with Crippen molar-refractivity contribution in [2.75, 3.05) is 7.11 Å². The molecule has 1 aliphatic heterocycles. The van der Waals surface area contributed by atoms with Crippen molar-refractivity contribution in [1.29, 1.82) is 0 Å². The minimum Gasteiger partial charge on any atom is -0.493 e. The predicted octanol–water partition coefficient (Wildman–Crippen LogP) is 6.09. The van der Waals surface area contributed by atoms with Gasteiger partial charge >= 0.3 is 5.97 Å². The molecule has 178 valence electrons. The largest absolute Gasteiger partial charge is 0.493 e. The second-order valence-electron chi connectivity index (χ2n) is 7.51. The third kappa shape index (κ3) is 5.46. The summed E-state index contributed by atoms with van der Waals surface area (Å²) in [6, 6.07) is 15.6. The Bertz CT molecular complexity index is 1400. The number of nitro groups is 1. The highest BCUT2D eigenvalue weighted by Crippen LogP contribution is 2.38. The molecule has 0 radical (unpaired) electrons. The Balaban J connectivity index is 1.61. The molecule has 1 aliphatic rings. The fourth-order valence-electron chi connectivity index (χ4n) is 3.36. The Morgan fingerprint density at radius 2 is 1.97 bits per heavy atom. The first-order chi connectivity index (χ1) is 16.8. The molecular formula is C25H18ClIN2O6. The maximum atomic E-state index is 12.4. The highest BCUT2D eigenvalue weighted by molar-refractivity contribution is 14.1. The number of hydrogen-bond acceptors (Lipinski definition) is 7. The molecule has 0 saturated heterocycles. The van der Waals surface area contributed by atoms with E-state index in [0.717, 1.165) is 9.13 Å². The van der Waals surface area contributed by atoms with E-state index >= 15 is 0 Å². The zero-order valence-electron chi connectivity index (χ0n) is 18.6. The molecule has 1 heterocycles. The normalized spacial score (nSPS) is 14.0. The summed E-state index contributed by atoms with van der Waals surface area (Å²) in [5, 5.41) is 11.5. The van der Waals surface area contributed by atoms with E-state index in [9.17, 15) is 14.9 Å². The molecule has 0 N–H and O–H groups in total. The summed E-state index contributed by atoms with van der Waals surface area (Å²) in [7, 11) is 1.49. The first-order valence-corrected chi connectivity index (χ1v) is 11.7. The fourth-order valence-corrected chi connectivity index (χ4v) is 4.17. The van der Waals surface area contributed by atoms with E-state index in [1.165, 1.54) is 19.3 Å². The van der Waals surface area contributed by atoms with Crippen molar-refractivity contribution in [2.45, 2.75) is 13.5 Å². The number of nitrogens with zero attached hydrogens (tertiary/aromatic N) is 2. The lowest BCUT2D eigenvalue weighted by Gasteiger charge is -2.14. The van der Waals surface area contributed by atoms with E-state index < -0.39 is 10.9 Å². The highest BCUT2D eigenvalue weighted by Gasteiger charge is 2.26. The van der Waals surface area contributed by atoms with Gasteiger partial charge in [-0.25, -0.2) is 9.79 Å². The van der Waals surface area contributed by atoms with Crippen molar-refractivity contribution in [2.24, 2.45) is 4.99 Å². The zero-order chi connectivity index (χ0) is 25.1. The molecule has 0 amide bonds. The van der Waals surface area contributed by atoms with Gasteiger partial charge in [0.15, 0.2) is 17.2 Å². The Labute approximate surface area is 219 Å². The van der Waals surface area contributed by atoms with Crippen LogP contribution >= 0.6 is 34.2 Å². The molecule has 0 saturated carbocycles. The second kappa shape index (κ2) is 10.4. The lowest BCUT2D eigenvalue weighted by molar-refractivity contribution is -0.385. The number of methoxy groups -OCH3 is 1. The molecule has 0 spiro atoms. The van der Waals surface area contributed by atoms with E-state index in [1.807, 2.05) is 24.3 Å². The number of ether oxygens (including phenoxy) is 3. The standard InChI is InChI=1S/C25H18ClIN2O6/c1-14-7-8-16(12-21(14)29(31)32)24-28-20(25(30)35-24)10-15-9-18(26)23(22(11-15)33-2)34-13-17-5-3-4-6-19(17)27/h3-12H,13H2,1-2H3/b20-10-. The molecule has 0 unspecified atom stereocenters. The van der Waals surface area contributed by atoms with Gasteiger partial charge in [0.25, 0.3) is 5.69 Å². The van der Waals surface area contributed by atoms with Crippen molar-refractivity contribution in [1.82, 2.24) is 0 Å². The summed E-state index contributed by atoms with van der Waals surface area (Å²) >= 11 is 8.71. The van der Waals surface area contributed by atoms with Crippen LogP contribution in [0.2, 0.25) is 5.02 Å². The number of benzene rings is 3. The quantitative estimate of drug-likeness (QED) is 0.106. The first kappa shape index (κ1) is 24.7. The average Bonchev–Trinajstić information content (AvgIpc) is 3.19. The van der Waals surface area contributed by atoms with E-state index in [4.69, 9.17) is 25.8 Å². The summed E-state index contributed by atoms with van der Waals surface area (Å²) < 4.78 is 17.7. The van der Waals surface area contributed by atoms with Gasteiger partial charge < -0.3 is 14.2 Å². The molecular weight excluding hydrogens is 587 g/mol. The Kier molecular flexibility index (Phi) is 7.37. The van der Waals surface area contributed by atoms with E-state index in [-0.39, 0.29) is 17.3 Å². The Hall–Kier alpha value is -3.44. The highest BCUT2D eigenvalue weighted by atomic mass is 127. The molecule has 0 aliphatic carbocycles. The van der Waals surface area contributed by atoms with Gasteiger partial charge in [-0.3, -0.25) is 10.1 Å². The number of nitro benzene ring substituents is 1. The molecule has 35 heavy (non-hydrogen) atoms. The van der Waals surface area contributed by atoms with Crippen LogP contribution in [0.3, 0.4) is 0 Å². The molecule has 0 fully saturated rings. The summed E-state index contributed by atoms with van der Waals surface area (Å²) in [6.45, 7) is 1.93. The average molecular weight is 605 g/mol. The van der Waals surface area contributed by atoms with Gasteiger partial charge in [-0.1, -0.05) is 35.9 Å². The summed E-state index contributed by atoms with van der Waals surface area (Å²) in [5.74, 6) is 0.0678. The lowest BCUT2D eigenvalue weighted by Crippen LogP contribution is -2.06. The number of carbonyl (C=O) groups excluding carboxylic acids is 1. The first-order valence-electron chi connectivity index (χ1n) is 10.3. The molecule has 8 nitrogen and oxygen atoms in total. The molecule has 3 aromatic carbocycles. The van der Waals surface area contributed by atoms with Crippen LogP contribution < -0.4 is 9.47 Å². The maximum Gasteiger partial charge on any atom is 0.363 e. The number of aliphatic imine (C=N–C) groups is 1. The van der Waals surface area contributed by atoms with Gasteiger partial charge in [-0.15, -0.1) is 0 Å². The van der Waals surface area contributed by atoms with Gasteiger partial charge in [-0.2, -0.15) is 0 Å². The van der Waals surface area contributed by atoms with Crippen LogP contribution in [0.1, 0.15) is 22.3 Å². The summed E-state index contributed by atoms with van der Waals surface area (Å²) in [5.41, 5.74) is 2.30. The SMILES string of the molecule is COc1cc(/C=C2\N=C(c3ccc(C)c([N+](=O)[O-])c3)OC2=O)cc(Cl)c1OCc1ccccc1I. The monoisotopic (exact) mass is 604 g/mol. The van der Waals surface area contributed by atoms with Crippen LogP contribution in [0.5, 0.6) is 11.5 Å². The Morgan fingerprint density at radius 3 is 2.69 bits per heavy atom. The number of rotatable bonds is 7. The van der Waals surface area contributed by atoms with Crippen molar-refractivity contribution in [3.05, 3.63) is 101 Å². The van der Waals surface area contributed by atoms with E-state index in [2.05, 4.69) is 27.6 Å². The van der Waals surface area contributed by atoms with Crippen LogP contribution in [0.4, 0.5) is 5.69 Å². The fraction of sp³-hybridized carbons (Fsp3) is 0.120. The number of carbonyl (C=O) groups is 1. The van der Waals surface area contributed by atoms with E-state index in [0.29, 0.717) is 39.8 Å². The molecule has 3 aromatic rings. The number of aryl methyl sites for hydroxylation is 1. The topological polar surface area (TPSA) is 100 Å². The van der Waals surface area contributed by atoms with Crippen LogP contribution in [0, 0.1) is 20.6 Å². The minimum atomic E-state index is -0.683. The van der Waals surface area contributed by atoms with Crippen LogP contribution in [-0.2, 0) is 16.1 Å². The molecule has 0 bridgehead atoms. The minimum absolute atomic E-state index is 0.0140. The number of cyclic esters (lactones) is 1. The number of hydrogen-bond donors (Lipinski definition) is 0. The molecule has 0 aromatic heterocycles. The summed E-state index contributed by atoms with van der Waals surface area (Å²) in [4.78, 5) is 27.4. The van der Waals surface area contributed by atoms with Gasteiger partial charge in [0.05, 0.1) is 17.1 Å². The van der Waals surface area contributed by atoms with Gasteiger partial charge in [-0.05, 0) is 65.4 Å². The van der Waals surface area contributed by atoms with Gasteiger partial charge in [0.2, 0.25) is 5.90 Å². The zero-order valence-corrected chi connectivity index (χ0v) is 21.5. The lowest BCUT2D eigenvalue weighted by atomic mass is 10.1. The number of halogens is 2. The Morgan fingerprint density at radius 1 is 1.20 bits per heavy atom. The van der Waals surface area contributed by atoms with Crippen molar-refractivity contribution in [3.63, 3.8) is 0 Å². The van der Waals surface area contributed by atoms with Gasteiger partial charge in [0, 0.05) is 26.3 Å². The third-order valence-corrected chi connectivity index (χ3v) is 6.49.